The quantitative estimate of drug-likeness (QED) is 0.751. The van der Waals surface area contributed by atoms with Gasteiger partial charge in [-0.1, -0.05) is 6.42 Å². The molecule has 0 bridgehead atoms. The zero-order valence-electron chi connectivity index (χ0n) is 11.9. The molecule has 4 nitrogen and oxygen atoms in total. The third-order valence-electron chi connectivity index (χ3n) is 3.61. The Balaban J connectivity index is 2.09. The molecule has 1 saturated carbocycles. The SMILES string of the molecule is CCOC(=O)c1nc(N(CC)CC2CCC2)sc1C. The Morgan fingerprint density at radius 1 is 1.47 bits per heavy atom. The highest BCUT2D eigenvalue weighted by atomic mass is 32.1. The van der Waals surface area contributed by atoms with Crippen LogP contribution in [0.5, 0.6) is 0 Å². The number of anilines is 1. The van der Waals surface area contributed by atoms with Gasteiger partial charge in [-0.25, -0.2) is 9.78 Å². The number of nitrogens with zero attached hydrogens (tertiary/aromatic N) is 2. The normalized spacial score (nSPS) is 15.1. The van der Waals surface area contributed by atoms with Crippen LogP contribution in [0.3, 0.4) is 0 Å². The van der Waals surface area contributed by atoms with E-state index in [4.69, 9.17) is 4.74 Å². The van der Waals surface area contributed by atoms with Crippen molar-refractivity contribution in [3.8, 4) is 0 Å². The summed E-state index contributed by atoms with van der Waals surface area (Å²) < 4.78 is 5.04. The molecule has 0 aromatic carbocycles. The summed E-state index contributed by atoms with van der Waals surface area (Å²) in [5.74, 6) is 0.498. The van der Waals surface area contributed by atoms with E-state index in [2.05, 4.69) is 16.8 Å². The zero-order valence-corrected chi connectivity index (χ0v) is 12.8. The van der Waals surface area contributed by atoms with Gasteiger partial charge in [0.15, 0.2) is 10.8 Å². The van der Waals surface area contributed by atoms with Crippen LogP contribution in [0, 0.1) is 12.8 Å². The summed E-state index contributed by atoms with van der Waals surface area (Å²) in [6, 6.07) is 0. The maximum absolute atomic E-state index is 11.8. The number of esters is 1. The fraction of sp³-hybridized carbons (Fsp3) is 0.714. The highest BCUT2D eigenvalue weighted by Crippen LogP contribution is 2.31. The molecule has 0 saturated heterocycles. The molecule has 1 fully saturated rings. The molecule has 0 unspecified atom stereocenters. The molecule has 5 heteroatoms. The van der Waals surface area contributed by atoms with Gasteiger partial charge in [-0.15, -0.1) is 11.3 Å². The molecular formula is C14H22N2O2S. The Morgan fingerprint density at radius 3 is 2.74 bits per heavy atom. The molecule has 2 rings (SSSR count). The van der Waals surface area contributed by atoms with Gasteiger partial charge in [0.05, 0.1) is 6.61 Å². The third-order valence-corrected chi connectivity index (χ3v) is 4.64. The van der Waals surface area contributed by atoms with Gasteiger partial charge in [0.2, 0.25) is 0 Å². The number of carbonyl (C=O) groups excluding carboxylic acids is 1. The molecule has 0 N–H and O–H groups in total. The van der Waals surface area contributed by atoms with Crippen LogP contribution in [-0.4, -0.2) is 30.6 Å². The Labute approximate surface area is 118 Å². The van der Waals surface area contributed by atoms with Crippen LogP contribution < -0.4 is 4.90 Å². The van der Waals surface area contributed by atoms with Gasteiger partial charge >= 0.3 is 5.97 Å². The second-order valence-corrected chi connectivity index (χ2v) is 6.14. The molecular weight excluding hydrogens is 260 g/mol. The molecule has 0 amide bonds. The Bertz CT molecular complexity index is 441. The van der Waals surface area contributed by atoms with Gasteiger partial charge in [-0.05, 0) is 39.5 Å². The third kappa shape index (κ3) is 3.26. The number of thiazole rings is 1. The van der Waals surface area contributed by atoms with E-state index < -0.39 is 0 Å². The predicted octanol–water partition coefficient (Wildman–Crippen LogP) is 3.25. The van der Waals surface area contributed by atoms with Crippen LogP contribution in [0.2, 0.25) is 0 Å². The highest BCUT2D eigenvalue weighted by Gasteiger charge is 2.24. The lowest BCUT2D eigenvalue weighted by molar-refractivity contribution is 0.0519. The number of hydrogen-bond acceptors (Lipinski definition) is 5. The van der Waals surface area contributed by atoms with Crippen molar-refractivity contribution >= 4 is 22.4 Å². The van der Waals surface area contributed by atoms with E-state index in [-0.39, 0.29) is 5.97 Å². The van der Waals surface area contributed by atoms with Crippen LogP contribution in [0.25, 0.3) is 0 Å². The van der Waals surface area contributed by atoms with Crippen LogP contribution in [0.15, 0.2) is 0 Å². The molecule has 1 aliphatic carbocycles. The molecule has 0 radical (unpaired) electrons. The Hall–Kier alpha value is -1.10. The van der Waals surface area contributed by atoms with E-state index in [1.54, 1.807) is 11.3 Å². The number of carbonyl (C=O) groups is 1. The van der Waals surface area contributed by atoms with Crippen molar-refractivity contribution in [2.24, 2.45) is 5.92 Å². The lowest BCUT2D eigenvalue weighted by Crippen LogP contribution is -2.32. The maximum Gasteiger partial charge on any atom is 0.358 e. The molecule has 106 valence electrons. The largest absolute Gasteiger partial charge is 0.461 e. The summed E-state index contributed by atoms with van der Waals surface area (Å²) in [6.07, 6.45) is 4.00. The van der Waals surface area contributed by atoms with Crippen molar-refractivity contribution in [2.75, 3.05) is 24.6 Å². The lowest BCUT2D eigenvalue weighted by Gasteiger charge is -2.31. The summed E-state index contributed by atoms with van der Waals surface area (Å²) in [6.45, 7) is 8.28. The summed E-state index contributed by atoms with van der Waals surface area (Å²) in [5, 5.41) is 0.954. The monoisotopic (exact) mass is 282 g/mol. The smallest absolute Gasteiger partial charge is 0.358 e. The fourth-order valence-electron chi connectivity index (χ4n) is 2.24. The van der Waals surface area contributed by atoms with Crippen molar-refractivity contribution in [1.82, 2.24) is 4.98 Å². The average molecular weight is 282 g/mol. The fourth-order valence-corrected chi connectivity index (χ4v) is 3.21. The Kier molecular flexibility index (Phi) is 4.80. The zero-order chi connectivity index (χ0) is 13.8. The van der Waals surface area contributed by atoms with Crippen LogP contribution in [-0.2, 0) is 4.74 Å². The average Bonchev–Trinajstić information content (AvgIpc) is 2.70. The van der Waals surface area contributed by atoms with Crippen LogP contribution in [0.1, 0.15) is 48.5 Å². The second-order valence-electron chi connectivity index (χ2n) is 4.96. The maximum atomic E-state index is 11.8. The van der Waals surface area contributed by atoms with Gasteiger partial charge in [-0.2, -0.15) is 0 Å². The number of rotatable bonds is 6. The van der Waals surface area contributed by atoms with E-state index in [9.17, 15) is 4.79 Å². The van der Waals surface area contributed by atoms with E-state index in [1.165, 1.54) is 19.3 Å². The van der Waals surface area contributed by atoms with Crippen molar-refractivity contribution < 1.29 is 9.53 Å². The summed E-state index contributed by atoms with van der Waals surface area (Å²) >= 11 is 1.59. The Morgan fingerprint density at radius 2 is 2.21 bits per heavy atom. The topological polar surface area (TPSA) is 42.4 Å². The predicted molar refractivity (Wildman–Crippen MR) is 78.0 cm³/mol. The van der Waals surface area contributed by atoms with E-state index in [1.807, 2.05) is 13.8 Å². The first-order chi connectivity index (χ1) is 9.15. The minimum atomic E-state index is -0.304. The molecule has 19 heavy (non-hydrogen) atoms. The van der Waals surface area contributed by atoms with E-state index in [0.717, 1.165) is 29.0 Å². The highest BCUT2D eigenvalue weighted by molar-refractivity contribution is 7.15. The first kappa shape index (κ1) is 14.3. The standard InChI is InChI=1S/C14H22N2O2S/c1-4-16(9-11-7-6-8-11)14-15-12(10(3)19-14)13(17)18-5-2/h11H,4-9H2,1-3H3. The van der Waals surface area contributed by atoms with Gasteiger partial charge < -0.3 is 9.64 Å². The minimum Gasteiger partial charge on any atom is -0.461 e. The van der Waals surface area contributed by atoms with Gasteiger partial charge in [0.25, 0.3) is 0 Å². The van der Waals surface area contributed by atoms with Crippen LogP contribution in [0.4, 0.5) is 5.13 Å². The lowest BCUT2D eigenvalue weighted by atomic mass is 9.85. The van der Waals surface area contributed by atoms with Crippen molar-refractivity contribution in [2.45, 2.75) is 40.0 Å². The van der Waals surface area contributed by atoms with Gasteiger partial charge in [-0.3, -0.25) is 0 Å². The summed E-state index contributed by atoms with van der Waals surface area (Å²) in [7, 11) is 0. The number of aromatic nitrogens is 1. The molecule has 0 spiro atoms. The van der Waals surface area contributed by atoms with Gasteiger partial charge in [0, 0.05) is 18.0 Å². The van der Waals surface area contributed by atoms with Crippen molar-refractivity contribution in [3.05, 3.63) is 10.6 Å². The summed E-state index contributed by atoms with van der Waals surface area (Å²) in [5.41, 5.74) is 0.480. The molecule has 1 heterocycles. The number of ether oxygens (including phenoxy) is 1. The first-order valence-electron chi connectivity index (χ1n) is 7.05. The van der Waals surface area contributed by atoms with Crippen LogP contribution >= 0.6 is 11.3 Å². The minimum absolute atomic E-state index is 0.304. The van der Waals surface area contributed by atoms with Gasteiger partial charge in [0.1, 0.15) is 0 Å². The molecule has 1 aromatic rings. The number of aryl methyl sites for hydroxylation is 1. The molecule has 1 aromatic heterocycles. The van der Waals surface area contributed by atoms with Crippen molar-refractivity contribution in [3.63, 3.8) is 0 Å². The second kappa shape index (κ2) is 6.37. The van der Waals surface area contributed by atoms with Crippen molar-refractivity contribution in [1.29, 1.82) is 0 Å². The van der Waals surface area contributed by atoms with E-state index in [0.29, 0.717) is 12.3 Å². The number of hydrogen-bond donors (Lipinski definition) is 0. The molecule has 0 atom stereocenters. The summed E-state index contributed by atoms with van der Waals surface area (Å²) in [4.78, 5) is 19.5. The molecule has 0 aliphatic heterocycles. The van der Waals surface area contributed by atoms with E-state index >= 15 is 0 Å². The molecule has 1 aliphatic rings. The first-order valence-corrected chi connectivity index (χ1v) is 7.86.